The summed E-state index contributed by atoms with van der Waals surface area (Å²) in [6.07, 6.45) is 1.63. The molecule has 0 radical (unpaired) electrons. The molecule has 6 heteroatoms. The minimum absolute atomic E-state index is 0.0368. The van der Waals surface area contributed by atoms with Crippen LogP contribution >= 0.6 is 0 Å². The molecule has 0 unspecified atom stereocenters. The molecule has 0 aliphatic carbocycles. The van der Waals surface area contributed by atoms with Crippen LogP contribution in [-0.4, -0.2) is 18.8 Å². The highest BCUT2D eigenvalue weighted by molar-refractivity contribution is 5.77. The van der Waals surface area contributed by atoms with Crippen LogP contribution in [0.5, 0.6) is 5.75 Å². The van der Waals surface area contributed by atoms with E-state index in [1.165, 1.54) is 0 Å². The van der Waals surface area contributed by atoms with Crippen LogP contribution in [0.1, 0.15) is 5.56 Å². The standard InChI is InChI=1S/C10H11N5O/c11-5-6-16-9-3-1-8(2-4-9)7-14-15-10(12)13/h1-4,7H,6H2,(H4,12,13,15)/p+1/b14-7-. The highest BCUT2D eigenvalue weighted by atomic mass is 16.5. The van der Waals surface area contributed by atoms with E-state index in [1.54, 1.807) is 18.3 Å². The Morgan fingerprint density at radius 1 is 1.44 bits per heavy atom. The Bertz CT molecular complexity index is 426. The van der Waals surface area contributed by atoms with Gasteiger partial charge in [0.25, 0.3) is 5.96 Å². The zero-order chi connectivity index (χ0) is 11.8. The minimum Gasteiger partial charge on any atom is -0.479 e. The fraction of sp³-hybridized carbons (Fsp3) is 0.100. The zero-order valence-electron chi connectivity index (χ0n) is 8.55. The van der Waals surface area contributed by atoms with Gasteiger partial charge in [-0.1, -0.05) is 0 Å². The highest BCUT2D eigenvalue weighted by Gasteiger charge is 1.94. The highest BCUT2D eigenvalue weighted by Crippen LogP contribution is 2.09. The summed E-state index contributed by atoms with van der Waals surface area (Å²) in [6.45, 7) is 0.0370. The van der Waals surface area contributed by atoms with Crippen molar-refractivity contribution >= 4 is 12.2 Å². The van der Waals surface area contributed by atoms with Crippen molar-refractivity contribution in [3.8, 4) is 11.8 Å². The lowest BCUT2D eigenvalue weighted by molar-refractivity contribution is -0.456. The molecule has 0 atom stereocenters. The van der Waals surface area contributed by atoms with Crippen molar-refractivity contribution in [2.75, 3.05) is 6.61 Å². The summed E-state index contributed by atoms with van der Waals surface area (Å²) in [4.78, 5) is 0. The van der Waals surface area contributed by atoms with Gasteiger partial charge < -0.3 is 16.2 Å². The Hall–Kier alpha value is -2.55. The summed E-state index contributed by atoms with van der Waals surface area (Å²) >= 11 is 0. The molecule has 1 aromatic carbocycles. The molecule has 0 saturated carbocycles. The molecule has 0 bridgehead atoms. The first-order chi connectivity index (χ1) is 7.72. The molecule has 82 valence electrons. The van der Waals surface area contributed by atoms with E-state index in [2.05, 4.69) is 10.2 Å². The molecule has 6 nitrogen and oxygen atoms in total. The maximum atomic E-state index is 8.32. The number of hydrogen-bond acceptors (Lipinski definition) is 3. The van der Waals surface area contributed by atoms with Crippen molar-refractivity contribution in [2.24, 2.45) is 16.6 Å². The number of ether oxygens (including phenoxy) is 1. The van der Waals surface area contributed by atoms with Gasteiger partial charge in [-0.15, -0.1) is 5.10 Å². The first kappa shape index (κ1) is 11.5. The first-order valence-electron chi connectivity index (χ1n) is 4.49. The van der Waals surface area contributed by atoms with Gasteiger partial charge in [-0.05, 0) is 24.3 Å². The van der Waals surface area contributed by atoms with E-state index >= 15 is 0 Å². The predicted molar refractivity (Wildman–Crippen MR) is 59.5 cm³/mol. The van der Waals surface area contributed by atoms with Gasteiger partial charge in [-0.2, -0.15) is 5.26 Å². The first-order valence-corrected chi connectivity index (χ1v) is 4.49. The maximum absolute atomic E-state index is 8.32. The normalized spacial score (nSPS) is 9.69. The fourth-order valence-electron chi connectivity index (χ4n) is 0.957. The molecule has 0 amide bonds. The molecule has 0 spiro atoms. The van der Waals surface area contributed by atoms with Crippen LogP contribution < -0.4 is 21.3 Å². The number of benzene rings is 1. The van der Waals surface area contributed by atoms with Crippen LogP contribution in [0.3, 0.4) is 0 Å². The number of nitriles is 1. The Labute approximate surface area is 92.8 Å². The van der Waals surface area contributed by atoms with Crippen molar-refractivity contribution in [3.05, 3.63) is 29.8 Å². The van der Waals surface area contributed by atoms with Crippen molar-refractivity contribution in [1.29, 1.82) is 5.26 Å². The van der Waals surface area contributed by atoms with E-state index in [4.69, 9.17) is 21.5 Å². The molecule has 0 aromatic heterocycles. The molecule has 0 aliphatic rings. The van der Waals surface area contributed by atoms with Crippen molar-refractivity contribution < 1.29 is 9.84 Å². The number of nitrogens with two attached hydrogens (primary N) is 2. The summed E-state index contributed by atoms with van der Waals surface area (Å²) in [5.41, 5.74) is 11.1. The van der Waals surface area contributed by atoms with Crippen molar-refractivity contribution in [2.45, 2.75) is 0 Å². The third-order valence-electron chi connectivity index (χ3n) is 1.61. The topological polar surface area (TPSA) is 111 Å². The Kier molecular flexibility index (Phi) is 4.34. The lowest BCUT2D eigenvalue weighted by Crippen LogP contribution is -2.63. The minimum atomic E-state index is -0.0368. The number of rotatable bonds is 4. The second kappa shape index (κ2) is 6.03. The summed E-state index contributed by atoms with van der Waals surface area (Å²) in [5, 5.41) is 14.5. The molecular weight excluding hydrogens is 206 g/mol. The van der Waals surface area contributed by atoms with Crippen LogP contribution in [-0.2, 0) is 0 Å². The van der Waals surface area contributed by atoms with Gasteiger partial charge in [0.15, 0.2) is 6.61 Å². The smallest absolute Gasteiger partial charge is 0.256 e. The lowest BCUT2D eigenvalue weighted by Gasteiger charge is -1.99. The molecule has 0 saturated heterocycles. The monoisotopic (exact) mass is 218 g/mol. The largest absolute Gasteiger partial charge is 0.479 e. The SMILES string of the molecule is N#CCOc1ccc(/C=[NH+]\N=C(N)N)cc1. The van der Waals surface area contributed by atoms with Crippen LogP contribution in [0.2, 0.25) is 0 Å². The molecule has 0 heterocycles. The molecule has 16 heavy (non-hydrogen) atoms. The van der Waals surface area contributed by atoms with Crippen LogP contribution in [0, 0.1) is 11.3 Å². The second-order valence-corrected chi connectivity index (χ2v) is 2.83. The fourth-order valence-corrected chi connectivity index (χ4v) is 0.957. The van der Waals surface area contributed by atoms with E-state index in [-0.39, 0.29) is 12.6 Å². The number of hydrogen-bond donors (Lipinski definition) is 3. The second-order valence-electron chi connectivity index (χ2n) is 2.83. The molecule has 5 N–H and O–H groups in total. The van der Waals surface area contributed by atoms with E-state index in [9.17, 15) is 0 Å². The molecule has 1 aromatic rings. The number of guanidine groups is 1. The Morgan fingerprint density at radius 3 is 2.69 bits per heavy atom. The van der Waals surface area contributed by atoms with E-state index in [0.717, 1.165) is 5.56 Å². The summed E-state index contributed by atoms with van der Waals surface area (Å²) in [5.74, 6) is 0.603. The molecule has 0 aliphatic heterocycles. The average molecular weight is 218 g/mol. The summed E-state index contributed by atoms with van der Waals surface area (Å²) in [6, 6.07) is 9.01. The van der Waals surface area contributed by atoms with Gasteiger partial charge in [0.2, 0.25) is 6.21 Å². The third kappa shape index (κ3) is 4.11. The van der Waals surface area contributed by atoms with Crippen molar-refractivity contribution in [3.63, 3.8) is 0 Å². The predicted octanol–water partition coefficient (Wildman–Crippen LogP) is -1.72. The average Bonchev–Trinajstić information content (AvgIpc) is 2.27. The number of nitrogens with zero attached hydrogens (tertiary/aromatic N) is 2. The number of nitrogens with one attached hydrogen (secondary N) is 1. The van der Waals surface area contributed by atoms with E-state index in [0.29, 0.717) is 5.75 Å². The van der Waals surface area contributed by atoms with Gasteiger partial charge in [0.1, 0.15) is 11.8 Å². The molecular formula is C10H12N5O+. The van der Waals surface area contributed by atoms with Gasteiger partial charge in [-0.25, -0.2) is 0 Å². The zero-order valence-corrected chi connectivity index (χ0v) is 8.55. The summed E-state index contributed by atoms with van der Waals surface area (Å²) in [7, 11) is 0. The Balaban J connectivity index is 2.61. The molecule has 0 fully saturated rings. The van der Waals surface area contributed by atoms with Crippen LogP contribution in [0.25, 0.3) is 0 Å². The van der Waals surface area contributed by atoms with Gasteiger partial charge >= 0.3 is 0 Å². The van der Waals surface area contributed by atoms with Gasteiger partial charge in [-0.3, -0.25) is 0 Å². The summed E-state index contributed by atoms with van der Waals surface area (Å²) < 4.78 is 5.09. The lowest BCUT2D eigenvalue weighted by atomic mass is 10.2. The van der Waals surface area contributed by atoms with Crippen LogP contribution in [0.15, 0.2) is 29.4 Å². The van der Waals surface area contributed by atoms with Crippen LogP contribution in [0.4, 0.5) is 0 Å². The van der Waals surface area contributed by atoms with Crippen molar-refractivity contribution in [1.82, 2.24) is 0 Å². The maximum Gasteiger partial charge on any atom is 0.256 e. The number of hydrazone groups is 1. The quantitative estimate of drug-likeness (QED) is 0.317. The van der Waals surface area contributed by atoms with E-state index in [1.807, 2.05) is 18.2 Å². The molecule has 1 rings (SSSR count). The van der Waals surface area contributed by atoms with E-state index < -0.39 is 0 Å². The Morgan fingerprint density at radius 2 is 2.12 bits per heavy atom. The third-order valence-corrected chi connectivity index (χ3v) is 1.61. The van der Waals surface area contributed by atoms with Gasteiger partial charge in [0, 0.05) is 10.7 Å². The van der Waals surface area contributed by atoms with Gasteiger partial charge in [0.05, 0.1) is 0 Å².